The first-order valence-corrected chi connectivity index (χ1v) is 6.10. The van der Waals surface area contributed by atoms with Crippen LogP contribution in [0.1, 0.15) is 24.2 Å². The highest BCUT2D eigenvalue weighted by Gasteiger charge is 2.09. The van der Waals surface area contributed by atoms with E-state index in [0.29, 0.717) is 11.1 Å². The van der Waals surface area contributed by atoms with E-state index in [0.717, 1.165) is 0 Å². The lowest BCUT2D eigenvalue weighted by molar-refractivity contribution is 0.0954. The summed E-state index contributed by atoms with van der Waals surface area (Å²) in [6.07, 6.45) is 1.63. The van der Waals surface area contributed by atoms with Gasteiger partial charge >= 0.3 is 0 Å². The SMILES string of the molecule is CC(C)N=c1ccccn1C(=O)c1cccc(F)c1. The van der Waals surface area contributed by atoms with Crippen LogP contribution in [0.5, 0.6) is 0 Å². The zero-order chi connectivity index (χ0) is 13.8. The zero-order valence-electron chi connectivity index (χ0n) is 10.9. The molecule has 0 atom stereocenters. The highest BCUT2D eigenvalue weighted by Crippen LogP contribution is 2.05. The number of pyridine rings is 1. The number of halogens is 1. The fraction of sp³-hybridized carbons (Fsp3) is 0.200. The fourth-order valence-corrected chi connectivity index (χ4v) is 1.74. The molecule has 98 valence electrons. The largest absolute Gasteiger partial charge is 0.268 e. The van der Waals surface area contributed by atoms with Crippen molar-refractivity contribution in [2.45, 2.75) is 19.9 Å². The molecule has 1 aromatic carbocycles. The van der Waals surface area contributed by atoms with Crippen LogP contribution in [-0.4, -0.2) is 16.5 Å². The first-order valence-electron chi connectivity index (χ1n) is 6.10. The third-order valence-electron chi connectivity index (χ3n) is 2.52. The van der Waals surface area contributed by atoms with Crippen LogP contribution in [0.3, 0.4) is 0 Å². The Bertz CT molecular complexity index is 659. The molecule has 0 aliphatic carbocycles. The number of hydrogen-bond donors (Lipinski definition) is 0. The number of carbonyl (C=O) groups is 1. The standard InChI is InChI=1S/C15H15FN2O/c1-11(2)17-14-8-3-4-9-18(14)15(19)12-6-5-7-13(16)10-12/h3-11H,1-2H3. The summed E-state index contributed by atoms with van der Waals surface area (Å²) < 4.78 is 14.6. The minimum atomic E-state index is -0.426. The Kier molecular flexibility index (Phi) is 3.90. The van der Waals surface area contributed by atoms with Crippen LogP contribution in [-0.2, 0) is 0 Å². The molecule has 0 aliphatic heterocycles. The molecule has 19 heavy (non-hydrogen) atoms. The monoisotopic (exact) mass is 258 g/mol. The second-order valence-corrected chi connectivity index (χ2v) is 4.47. The van der Waals surface area contributed by atoms with Crippen LogP contribution < -0.4 is 5.49 Å². The predicted octanol–water partition coefficient (Wildman–Crippen LogP) is 2.62. The normalized spacial score (nSPS) is 11.9. The van der Waals surface area contributed by atoms with Gasteiger partial charge in [0.2, 0.25) is 0 Å². The Morgan fingerprint density at radius 3 is 2.68 bits per heavy atom. The smallest absolute Gasteiger partial charge is 0.263 e. The van der Waals surface area contributed by atoms with Gasteiger partial charge < -0.3 is 0 Å². The van der Waals surface area contributed by atoms with Gasteiger partial charge in [0.25, 0.3) is 5.91 Å². The van der Waals surface area contributed by atoms with E-state index in [4.69, 9.17) is 0 Å². The molecule has 0 saturated carbocycles. The van der Waals surface area contributed by atoms with E-state index in [2.05, 4.69) is 4.99 Å². The molecule has 1 aromatic heterocycles. The van der Waals surface area contributed by atoms with Crippen LogP contribution in [0.25, 0.3) is 0 Å². The van der Waals surface area contributed by atoms with Gasteiger partial charge in [0.1, 0.15) is 11.3 Å². The van der Waals surface area contributed by atoms with Crippen molar-refractivity contribution in [3.05, 3.63) is 65.5 Å². The summed E-state index contributed by atoms with van der Waals surface area (Å²) in [5.74, 6) is -0.718. The number of hydrogen-bond acceptors (Lipinski definition) is 2. The Morgan fingerprint density at radius 2 is 2.00 bits per heavy atom. The number of nitrogens with zero attached hydrogens (tertiary/aromatic N) is 2. The molecule has 0 saturated heterocycles. The van der Waals surface area contributed by atoms with Crippen LogP contribution in [0.4, 0.5) is 4.39 Å². The van der Waals surface area contributed by atoms with Crippen molar-refractivity contribution in [2.75, 3.05) is 0 Å². The van der Waals surface area contributed by atoms with Crippen molar-refractivity contribution in [2.24, 2.45) is 4.99 Å². The molecule has 2 rings (SSSR count). The van der Waals surface area contributed by atoms with E-state index < -0.39 is 5.82 Å². The summed E-state index contributed by atoms with van der Waals surface area (Å²) in [7, 11) is 0. The Balaban J connectivity index is 2.51. The fourth-order valence-electron chi connectivity index (χ4n) is 1.74. The first-order chi connectivity index (χ1) is 9.08. The molecule has 0 amide bonds. The number of aromatic nitrogens is 1. The van der Waals surface area contributed by atoms with Crippen LogP contribution in [0.15, 0.2) is 53.7 Å². The lowest BCUT2D eigenvalue weighted by atomic mass is 10.2. The molecular weight excluding hydrogens is 243 g/mol. The van der Waals surface area contributed by atoms with Gasteiger partial charge in [0.15, 0.2) is 0 Å². The second kappa shape index (κ2) is 5.61. The van der Waals surface area contributed by atoms with E-state index in [1.165, 1.54) is 22.8 Å². The molecule has 0 aliphatic rings. The molecule has 0 radical (unpaired) electrons. The number of carbonyl (C=O) groups excluding carboxylic acids is 1. The van der Waals surface area contributed by atoms with Gasteiger partial charge in [-0.3, -0.25) is 14.4 Å². The lowest BCUT2D eigenvalue weighted by Gasteiger charge is -2.07. The zero-order valence-corrected chi connectivity index (χ0v) is 10.9. The molecule has 0 spiro atoms. The third-order valence-corrected chi connectivity index (χ3v) is 2.52. The van der Waals surface area contributed by atoms with Crippen LogP contribution >= 0.6 is 0 Å². The maximum atomic E-state index is 13.2. The maximum absolute atomic E-state index is 13.2. The van der Waals surface area contributed by atoms with Crippen molar-refractivity contribution in [3.63, 3.8) is 0 Å². The van der Waals surface area contributed by atoms with Gasteiger partial charge in [-0.2, -0.15) is 0 Å². The number of benzene rings is 1. The Hall–Kier alpha value is -2.23. The summed E-state index contributed by atoms with van der Waals surface area (Å²) in [5, 5.41) is 0. The highest BCUT2D eigenvalue weighted by atomic mass is 19.1. The molecule has 4 heteroatoms. The van der Waals surface area contributed by atoms with E-state index >= 15 is 0 Å². The van der Waals surface area contributed by atoms with E-state index in [1.54, 1.807) is 24.4 Å². The third kappa shape index (κ3) is 3.16. The van der Waals surface area contributed by atoms with Gasteiger partial charge in [-0.05, 0) is 44.2 Å². The molecule has 3 nitrogen and oxygen atoms in total. The van der Waals surface area contributed by atoms with Gasteiger partial charge in [-0.25, -0.2) is 4.39 Å². The van der Waals surface area contributed by atoms with Crippen molar-refractivity contribution < 1.29 is 9.18 Å². The molecule has 0 fully saturated rings. The maximum Gasteiger partial charge on any atom is 0.263 e. The van der Waals surface area contributed by atoms with Crippen molar-refractivity contribution in [1.82, 2.24) is 4.57 Å². The predicted molar refractivity (Wildman–Crippen MR) is 71.3 cm³/mol. The first kappa shape index (κ1) is 13.2. The topological polar surface area (TPSA) is 34.4 Å². The number of rotatable bonds is 2. The van der Waals surface area contributed by atoms with Gasteiger partial charge in [0, 0.05) is 17.8 Å². The average molecular weight is 258 g/mol. The quantitative estimate of drug-likeness (QED) is 0.815. The molecular formula is C15H15FN2O. The van der Waals surface area contributed by atoms with Gasteiger partial charge in [-0.1, -0.05) is 12.1 Å². The minimum Gasteiger partial charge on any atom is -0.268 e. The van der Waals surface area contributed by atoms with E-state index in [-0.39, 0.29) is 11.9 Å². The Labute approximate surface area is 111 Å². The van der Waals surface area contributed by atoms with Gasteiger partial charge in [-0.15, -0.1) is 0 Å². The molecule has 0 bridgehead atoms. The van der Waals surface area contributed by atoms with E-state index in [9.17, 15) is 9.18 Å². The summed E-state index contributed by atoms with van der Waals surface area (Å²) in [5.41, 5.74) is 0.864. The van der Waals surface area contributed by atoms with Crippen molar-refractivity contribution in [1.29, 1.82) is 0 Å². The molecule has 1 heterocycles. The van der Waals surface area contributed by atoms with Crippen LogP contribution in [0.2, 0.25) is 0 Å². The molecule has 2 aromatic rings. The average Bonchev–Trinajstić information content (AvgIpc) is 2.38. The minimum absolute atomic E-state index is 0.0777. The summed E-state index contributed by atoms with van der Waals surface area (Å²) >= 11 is 0. The summed E-state index contributed by atoms with van der Waals surface area (Å²) in [6.45, 7) is 3.87. The summed E-state index contributed by atoms with van der Waals surface area (Å²) in [4.78, 5) is 16.7. The second-order valence-electron chi connectivity index (χ2n) is 4.47. The van der Waals surface area contributed by atoms with Gasteiger partial charge in [0.05, 0.1) is 0 Å². The van der Waals surface area contributed by atoms with Crippen molar-refractivity contribution >= 4 is 5.91 Å². The molecule has 0 unspecified atom stereocenters. The van der Waals surface area contributed by atoms with Crippen LogP contribution in [0, 0.1) is 5.82 Å². The van der Waals surface area contributed by atoms with Crippen molar-refractivity contribution in [3.8, 4) is 0 Å². The highest BCUT2D eigenvalue weighted by molar-refractivity contribution is 5.95. The summed E-state index contributed by atoms with van der Waals surface area (Å²) in [6, 6.07) is 11.0. The lowest BCUT2D eigenvalue weighted by Crippen LogP contribution is -2.28. The molecule has 0 N–H and O–H groups in total. The van der Waals surface area contributed by atoms with E-state index in [1.807, 2.05) is 19.9 Å². The Morgan fingerprint density at radius 1 is 1.21 bits per heavy atom.